The van der Waals surface area contributed by atoms with Crippen LogP contribution in [0.5, 0.6) is 0 Å². The van der Waals surface area contributed by atoms with E-state index in [1.807, 2.05) is 0 Å². The minimum atomic E-state index is -2.81. The highest BCUT2D eigenvalue weighted by atomic mass is 19.3. The third kappa shape index (κ3) is 1.79. The van der Waals surface area contributed by atoms with Crippen molar-refractivity contribution in [3.8, 4) is 6.07 Å². The quantitative estimate of drug-likeness (QED) is 0.786. The maximum absolute atomic E-state index is 12.3. The zero-order valence-electron chi connectivity index (χ0n) is 7.47. The number of aromatic nitrogens is 1. The van der Waals surface area contributed by atoms with Gasteiger partial charge in [0.2, 0.25) is 0 Å². The molecule has 0 aliphatic carbocycles. The molecule has 1 aromatic rings. The average molecular weight is 198 g/mol. The molecule has 1 heterocycles. The Morgan fingerprint density at radius 2 is 2.29 bits per heavy atom. The van der Waals surface area contributed by atoms with Crippen LogP contribution < -0.4 is 5.43 Å². The van der Waals surface area contributed by atoms with Gasteiger partial charge in [-0.3, -0.25) is 4.79 Å². The molecule has 0 bridgehead atoms. The molecule has 1 N–H and O–H groups in total. The molecule has 0 aliphatic rings. The fourth-order valence-electron chi connectivity index (χ4n) is 1.14. The number of aromatic amines is 1. The number of rotatable bonds is 2. The first-order valence-corrected chi connectivity index (χ1v) is 3.94. The summed E-state index contributed by atoms with van der Waals surface area (Å²) in [6, 6.07) is 1.77. The normalized spacial score (nSPS) is 10.2. The van der Waals surface area contributed by atoms with E-state index in [4.69, 9.17) is 5.26 Å². The lowest BCUT2D eigenvalue weighted by molar-refractivity contribution is 0.149. The topological polar surface area (TPSA) is 56.6 Å². The van der Waals surface area contributed by atoms with Crippen LogP contribution in [0.25, 0.3) is 0 Å². The summed E-state index contributed by atoms with van der Waals surface area (Å²) in [7, 11) is 0. The van der Waals surface area contributed by atoms with Crippen molar-refractivity contribution in [2.45, 2.75) is 19.8 Å². The van der Waals surface area contributed by atoms with E-state index in [1.165, 1.54) is 0 Å². The Morgan fingerprint density at radius 3 is 2.79 bits per heavy atom. The highest BCUT2D eigenvalue weighted by Gasteiger charge is 2.15. The lowest BCUT2D eigenvalue weighted by Gasteiger charge is -2.04. The monoisotopic (exact) mass is 198 g/mol. The van der Waals surface area contributed by atoms with Gasteiger partial charge in [0.1, 0.15) is 0 Å². The van der Waals surface area contributed by atoms with Crippen molar-refractivity contribution < 1.29 is 8.78 Å². The van der Waals surface area contributed by atoms with Crippen molar-refractivity contribution in [2.75, 3.05) is 0 Å². The van der Waals surface area contributed by atoms with Crippen LogP contribution in [0.3, 0.4) is 0 Å². The molecule has 0 atom stereocenters. The summed E-state index contributed by atoms with van der Waals surface area (Å²) in [6.07, 6.45) is -1.97. The Hall–Kier alpha value is -1.70. The van der Waals surface area contributed by atoms with E-state index in [-0.39, 0.29) is 12.0 Å². The smallest absolute Gasteiger partial charge is 0.269 e. The van der Waals surface area contributed by atoms with Crippen molar-refractivity contribution in [1.82, 2.24) is 4.98 Å². The number of nitriles is 1. The van der Waals surface area contributed by atoms with Crippen LogP contribution in [0.2, 0.25) is 0 Å². The van der Waals surface area contributed by atoms with Gasteiger partial charge in [-0.2, -0.15) is 5.26 Å². The van der Waals surface area contributed by atoms with E-state index in [0.717, 1.165) is 6.20 Å². The van der Waals surface area contributed by atoms with Gasteiger partial charge in [-0.25, -0.2) is 8.78 Å². The summed E-state index contributed by atoms with van der Waals surface area (Å²) in [5.41, 5.74) is -0.745. The third-order valence-electron chi connectivity index (χ3n) is 1.92. The summed E-state index contributed by atoms with van der Waals surface area (Å²) < 4.78 is 24.6. The second-order valence-electron chi connectivity index (χ2n) is 2.81. The summed E-state index contributed by atoms with van der Waals surface area (Å²) in [5, 5.41) is 8.41. The maximum atomic E-state index is 12.3. The molecule has 0 amide bonds. The summed E-state index contributed by atoms with van der Waals surface area (Å²) in [5.74, 6) is 0. The van der Waals surface area contributed by atoms with E-state index in [0.29, 0.717) is 5.69 Å². The van der Waals surface area contributed by atoms with Gasteiger partial charge in [-0.1, -0.05) is 0 Å². The molecule has 0 saturated carbocycles. The lowest BCUT2D eigenvalue weighted by Crippen LogP contribution is -2.17. The number of pyridine rings is 1. The molecule has 5 heteroatoms. The first-order valence-electron chi connectivity index (χ1n) is 3.94. The van der Waals surface area contributed by atoms with Crippen LogP contribution in [0, 0.1) is 18.3 Å². The number of hydrogen-bond donors (Lipinski definition) is 1. The third-order valence-corrected chi connectivity index (χ3v) is 1.92. The molecule has 0 aromatic carbocycles. The van der Waals surface area contributed by atoms with Crippen molar-refractivity contribution in [3.05, 3.63) is 33.2 Å². The number of nitrogens with zero attached hydrogens (tertiary/aromatic N) is 1. The van der Waals surface area contributed by atoms with Gasteiger partial charge >= 0.3 is 0 Å². The fourth-order valence-corrected chi connectivity index (χ4v) is 1.14. The molecule has 74 valence electrons. The Balaban J connectivity index is 3.36. The van der Waals surface area contributed by atoms with Crippen LogP contribution >= 0.6 is 0 Å². The molecule has 0 fully saturated rings. The number of hydrogen-bond acceptors (Lipinski definition) is 2. The zero-order chi connectivity index (χ0) is 10.7. The van der Waals surface area contributed by atoms with Gasteiger partial charge in [0.25, 0.3) is 6.43 Å². The molecule has 14 heavy (non-hydrogen) atoms. The molecule has 0 spiro atoms. The molecule has 0 saturated heterocycles. The van der Waals surface area contributed by atoms with Crippen LogP contribution in [-0.2, 0) is 6.42 Å². The van der Waals surface area contributed by atoms with Crippen LogP contribution in [0.4, 0.5) is 8.78 Å². The Kier molecular flexibility index (Phi) is 2.97. The number of halogens is 2. The van der Waals surface area contributed by atoms with E-state index in [2.05, 4.69) is 4.98 Å². The number of nitrogens with one attached hydrogen (secondary N) is 1. The second-order valence-corrected chi connectivity index (χ2v) is 2.81. The minimum Gasteiger partial charge on any atom is -0.364 e. The summed E-state index contributed by atoms with van der Waals surface area (Å²) in [4.78, 5) is 13.9. The molecule has 0 unspecified atom stereocenters. The fraction of sp³-hybridized carbons (Fsp3) is 0.333. The molecule has 1 aromatic heterocycles. The molecular weight excluding hydrogens is 190 g/mol. The number of H-pyrrole nitrogens is 1. The standard InChI is InChI=1S/C9H8F2N2O/c1-5-6(2-3-12)8(14)7(4-13-5)9(10)11/h4,9H,2H2,1H3,(H,13,14). The molecular formula is C9H8F2N2O. The summed E-state index contributed by atoms with van der Waals surface area (Å²) >= 11 is 0. The van der Waals surface area contributed by atoms with Gasteiger partial charge in [0, 0.05) is 17.5 Å². The Morgan fingerprint density at radius 1 is 1.64 bits per heavy atom. The predicted molar refractivity (Wildman–Crippen MR) is 46.1 cm³/mol. The van der Waals surface area contributed by atoms with Crippen LogP contribution in [0.1, 0.15) is 23.2 Å². The minimum absolute atomic E-state index is 0.116. The molecule has 3 nitrogen and oxygen atoms in total. The highest BCUT2D eigenvalue weighted by molar-refractivity contribution is 5.27. The Labute approximate surface area is 79.0 Å². The van der Waals surface area contributed by atoms with E-state index < -0.39 is 17.4 Å². The first kappa shape index (κ1) is 10.4. The predicted octanol–water partition coefficient (Wildman–Crippen LogP) is 1.69. The van der Waals surface area contributed by atoms with Gasteiger partial charge in [0.05, 0.1) is 18.1 Å². The second kappa shape index (κ2) is 4.01. The molecule has 0 radical (unpaired) electrons. The molecule has 0 aliphatic heterocycles. The largest absolute Gasteiger partial charge is 0.364 e. The Bertz CT molecular complexity index is 431. The number of alkyl halides is 2. The van der Waals surface area contributed by atoms with Crippen molar-refractivity contribution in [2.24, 2.45) is 0 Å². The molecule has 1 rings (SSSR count). The average Bonchev–Trinajstić information content (AvgIpc) is 2.11. The van der Waals surface area contributed by atoms with Crippen molar-refractivity contribution in [1.29, 1.82) is 5.26 Å². The highest BCUT2D eigenvalue weighted by Crippen LogP contribution is 2.15. The summed E-state index contributed by atoms with van der Waals surface area (Å²) in [6.45, 7) is 1.57. The zero-order valence-corrected chi connectivity index (χ0v) is 7.47. The van der Waals surface area contributed by atoms with E-state index in [1.54, 1.807) is 13.0 Å². The SMILES string of the molecule is Cc1[nH]cc(C(F)F)c(=O)c1CC#N. The van der Waals surface area contributed by atoms with Gasteiger partial charge in [-0.05, 0) is 6.92 Å². The first-order chi connectivity index (χ1) is 6.57. The van der Waals surface area contributed by atoms with Crippen LogP contribution in [-0.4, -0.2) is 4.98 Å². The van der Waals surface area contributed by atoms with E-state index >= 15 is 0 Å². The number of aryl methyl sites for hydroxylation is 1. The lowest BCUT2D eigenvalue weighted by atomic mass is 10.1. The van der Waals surface area contributed by atoms with E-state index in [9.17, 15) is 13.6 Å². The van der Waals surface area contributed by atoms with Crippen molar-refractivity contribution in [3.63, 3.8) is 0 Å². The van der Waals surface area contributed by atoms with Crippen molar-refractivity contribution >= 4 is 0 Å². The van der Waals surface area contributed by atoms with Gasteiger partial charge < -0.3 is 4.98 Å². The van der Waals surface area contributed by atoms with Gasteiger partial charge in [-0.15, -0.1) is 0 Å². The van der Waals surface area contributed by atoms with Crippen LogP contribution in [0.15, 0.2) is 11.0 Å². The maximum Gasteiger partial charge on any atom is 0.269 e. The van der Waals surface area contributed by atoms with Gasteiger partial charge in [0.15, 0.2) is 5.43 Å².